The molecule has 1 aliphatic rings. The predicted octanol–water partition coefficient (Wildman–Crippen LogP) is -1.49. The summed E-state index contributed by atoms with van der Waals surface area (Å²) in [4.78, 5) is 33.1. The van der Waals surface area contributed by atoms with Crippen LogP contribution in [0.3, 0.4) is 0 Å². The lowest BCUT2D eigenvalue weighted by atomic mass is 10.1. The van der Waals surface area contributed by atoms with E-state index in [0.717, 1.165) is 11.0 Å². The Hall–Kier alpha value is -1.33. The normalized spacial score (nSPS) is 27.5. The zero-order valence-electron chi connectivity index (χ0n) is 12.8. The van der Waals surface area contributed by atoms with Gasteiger partial charge in [-0.2, -0.15) is 4.98 Å². The molecule has 1 unspecified atom stereocenters. The zero-order valence-corrected chi connectivity index (χ0v) is 13.7. The third-order valence-electron chi connectivity index (χ3n) is 3.60. The summed E-state index contributed by atoms with van der Waals surface area (Å²) >= 11 is 0. The van der Waals surface area contributed by atoms with E-state index in [4.69, 9.17) is 20.3 Å². The fourth-order valence-corrected chi connectivity index (χ4v) is 2.77. The smallest absolute Gasteiger partial charge is 0.387 e. The number of hydrogen-bond donors (Lipinski definition) is 5. The van der Waals surface area contributed by atoms with Gasteiger partial charge in [0.05, 0.1) is 6.61 Å². The van der Waals surface area contributed by atoms with Crippen molar-refractivity contribution in [3.8, 4) is 0 Å². The van der Waals surface area contributed by atoms with E-state index >= 15 is 0 Å². The average Bonchev–Trinajstić information content (AvgIpc) is 2.75. The molecule has 1 aliphatic heterocycles. The number of aromatic nitrogens is 2. The van der Waals surface area contributed by atoms with Gasteiger partial charge in [-0.15, -0.1) is 0 Å². The maximum Gasteiger partial charge on any atom is 0.469 e. The minimum Gasteiger partial charge on any atom is -0.387 e. The lowest BCUT2D eigenvalue weighted by molar-refractivity contribution is -0.0543. The molecule has 0 spiro atoms. The van der Waals surface area contributed by atoms with Gasteiger partial charge in [0.25, 0.3) is 0 Å². The van der Waals surface area contributed by atoms with Crippen LogP contribution in [-0.4, -0.2) is 54.5 Å². The highest BCUT2D eigenvalue weighted by atomic mass is 31.2. The fraction of sp³-hybridized carbons (Fsp3) is 0.667. The van der Waals surface area contributed by atoms with Crippen LogP contribution in [0.4, 0.5) is 5.82 Å². The van der Waals surface area contributed by atoms with Crippen molar-refractivity contribution in [2.75, 3.05) is 12.3 Å². The molecule has 1 aromatic heterocycles. The minimum atomic E-state index is -4.76. The van der Waals surface area contributed by atoms with Gasteiger partial charge in [-0.3, -0.25) is 9.09 Å². The fourth-order valence-electron chi connectivity index (χ4n) is 2.43. The summed E-state index contributed by atoms with van der Waals surface area (Å²) in [6, 6.07) is 0. The molecular weight excluding hydrogens is 345 g/mol. The Balaban J connectivity index is 2.24. The van der Waals surface area contributed by atoms with Crippen LogP contribution in [0, 0.1) is 0 Å². The lowest BCUT2D eigenvalue weighted by Crippen LogP contribution is -2.36. The van der Waals surface area contributed by atoms with E-state index in [9.17, 15) is 19.6 Å². The summed E-state index contributed by atoms with van der Waals surface area (Å²) in [5.74, 6) is 0.0764. The highest BCUT2D eigenvalue weighted by Gasteiger charge is 2.45. The van der Waals surface area contributed by atoms with Gasteiger partial charge in [0.2, 0.25) is 0 Å². The van der Waals surface area contributed by atoms with Gasteiger partial charge in [-0.05, 0) is 6.42 Å². The number of aliphatic hydroxyl groups excluding tert-OH is 2. The van der Waals surface area contributed by atoms with E-state index < -0.39 is 44.7 Å². The molecule has 0 bridgehead atoms. The molecule has 1 saturated heterocycles. The molecule has 1 aromatic rings. The third kappa shape index (κ3) is 4.19. The van der Waals surface area contributed by atoms with E-state index in [2.05, 4.69) is 9.51 Å². The van der Waals surface area contributed by atoms with Crippen LogP contribution in [0.2, 0.25) is 0 Å². The average molecular weight is 365 g/mol. The first-order valence-corrected chi connectivity index (χ1v) is 8.76. The van der Waals surface area contributed by atoms with Gasteiger partial charge < -0.3 is 30.5 Å². The first-order chi connectivity index (χ1) is 11.1. The van der Waals surface area contributed by atoms with Gasteiger partial charge in [0, 0.05) is 11.8 Å². The molecular formula is C12H20N3O8P. The molecule has 6 N–H and O–H groups in total. The highest BCUT2D eigenvalue weighted by molar-refractivity contribution is 7.46. The number of nitrogen functional groups attached to an aromatic ring is 1. The van der Waals surface area contributed by atoms with E-state index in [1.165, 1.54) is 6.20 Å². The SMILES string of the molecule is CCCc1cn(C2O[C@H](COP(=O)(O)O)[C@@H](O)[C@H]2O)c(=O)nc1N. The van der Waals surface area contributed by atoms with Crippen molar-refractivity contribution in [3.05, 3.63) is 22.2 Å². The second-order valence-electron chi connectivity index (χ2n) is 5.42. The van der Waals surface area contributed by atoms with Gasteiger partial charge in [0.1, 0.15) is 24.1 Å². The Morgan fingerprint density at radius 2 is 2.08 bits per heavy atom. The third-order valence-corrected chi connectivity index (χ3v) is 4.08. The van der Waals surface area contributed by atoms with Crippen molar-refractivity contribution >= 4 is 13.6 Å². The Kier molecular flexibility index (Phi) is 5.76. The lowest BCUT2D eigenvalue weighted by Gasteiger charge is -2.18. The van der Waals surface area contributed by atoms with Crippen LogP contribution in [0.5, 0.6) is 0 Å². The zero-order chi connectivity index (χ0) is 18.1. The Morgan fingerprint density at radius 1 is 1.42 bits per heavy atom. The molecule has 1 fully saturated rings. The van der Waals surface area contributed by atoms with Crippen molar-refractivity contribution in [2.24, 2.45) is 0 Å². The Bertz CT molecular complexity index is 689. The van der Waals surface area contributed by atoms with Crippen molar-refractivity contribution in [1.82, 2.24) is 9.55 Å². The second kappa shape index (κ2) is 7.28. The monoisotopic (exact) mass is 365 g/mol. The Labute approximate surface area is 136 Å². The number of nitrogens with two attached hydrogens (primary N) is 1. The largest absolute Gasteiger partial charge is 0.469 e. The number of anilines is 1. The number of ether oxygens (including phenoxy) is 1. The van der Waals surface area contributed by atoms with E-state index in [1.807, 2.05) is 6.92 Å². The Morgan fingerprint density at radius 3 is 2.67 bits per heavy atom. The first kappa shape index (κ1) is 19.0. The van der Waals surface area contributed by atoms with Crippen LogP contribution in [0.15, 0.2) is 11.0 Å². The molecule has 12 heteroatoms. The van der Waals surface area contributed by atoms with Crippen molar-refractivity contribution in [1.29, 1.82) is 0 Å². The van der Waals surface area contributed by atoms with E-state index in [1.54, 1.807) is 0 Å². The number of aliphatic hydroxyl groups is 2. The van der Waals surface area contributed by atoms with Crippen molar-refractivity contribution < 1.29 is 33.8 Å². The van der Waals surface area contributed by atoms with Crippen molar-refractivity contribution in [3.63, 3.8) is 0 Å². The number of phosphoric acid groups is 1. The molecule has 24 heavy (non-hydrogen) atoms. The predicted molar refractivity (Wildman–Crippen MR) is 80.8 cm³/mol. The topological polar surface area (TPSA) is 177 Å². The molecule has 11 nitrogen and oxygen atoms in total. The number of aryl methyl sites for hydroxylation is 1. The van der Waals surface area contributed by atoms with E-state index in [-0.39, 0.29) is 5.82 Å². The number of rotatable bonds is 6. The summed E-state index contributed by atoms with van der Waals surface area (Å²) in [5.41, 5.74) is 5.48. The summed E-state index contributed by atoms with van der Waals surface area (Å²) < 4.78 is 21.3. The molecule has 0 aliphatic carbocycles. The van der Waals surface area contributed by atoms with Crippen LogP contribution in [0.1, 0.15) is 25.1 Å². The second-order valence-corrected chi connectivity index (χ2v) is 6.66. The van der Waals surface area contributed by atoms with Crippen LogP contribution >= 0.6 is 7.82 Å². The maximum atomic E-state index is 12.0. The molecule has 2 rings (SSSR count). The van der Waals surface area contributed by atoms with Gasteiger partial charge in [0.15, 0.2) is 6.23 Å². The van der Waals surface area contributed by atoms with E-state index in [0.29, 0.717) is 12.0 Å². The number of nitrogens with zero attached hydrogens (tertiary/aromatic N) is 2. The molecule has 0 saturated carbocycles. The molecule has 0 radical (unpaired) electrons. The van der Waals surface area contributed by atoms with Gasteiger partial charge >= 0.3 is 13.5 Å². The highest BCUT2D eigenvalue weighted by Crippen LogP contribution is 2.38. The molecule has 0 aromatic carbocycles. The van der Waals surface area contributed by atoms with Gasteiger partial charge in [-0.1, -0.05) is 13.3 Å². The summed E-state index contributed by atoms with van der Waals surface area (Å²) in [7, 11) is -4.76. The summed E-state index contributed by atoms with van der Waals surface area (Å²) in [6.07, 6.45) is -2.82. The van der Waals surface area contributed by atoms with Crippen molar-refractivity contribution in [2.45, 2.75) is 44.3 Å². The number of phosphoric ester groups is 1. The molecule has 0 amide bonds. The van der Waals surface area contributed by atoms with Gasteiger partial charge in [-0.25, -0.2) is 9.36 Å². The summed E-state index contributed by atoms with van der Waals surface area (Å²) in [6.45, 7) is 1.26. The van der Waals surface area contributed by atoms with Crippen LogP contribution in [-0.2, 0) is 20.2 Å². The first-order valence-electron chi connectivity index (χ1n) is 7.23. The number of hydrogen-bond acceptors (Lipinski definition) is 8. The molecule has 4 atom stereocenters. The standard InChI is InChI=1S/C12H20N3O8P/c1-2-3-6-4-15(12(18)14-10(6)13)11-9(17)8(16)7(23-11)5-22-24(19,20)21/h4,7-9,11,16-17H,2-3,5H2,1H3,(H2,13,14,18)(H2,19,20,21)/t7-,8-,9-,11?/m1/s1. The van der Waals surface area contributed by atoms with Crippen LogP contribution in [0.25, 0.3) is 0 Å². The molecule has 136 valence electrons. The van der Waals surface area contributed by atoms with Crippen LogP contribution < -0.4 is 11.4 Å². The summed E-state index contributed by atoms with van der Waals surface area (Å²) in [5, 5.41) is 20.0. The maximum absolute atomic E-state index is 12.0. The molecule has 2 heterocycles. The minimum absolute atomic E-state index is 0.0764. The quantitative estimate of drug-likeness (QED) is 0.373.